The van der Waals surface area contributed by atoms with E-state index in [1.54, 1.807) is 36.4 Å². The highest BCUT2D eigenvalue weighted by atomic mass is 32.2. The number of hydrogen-bond acceptors (Lipinski definition) is 4. The molecule has 0 atom stereocenters. The van der Waals surface area contributed by atoms with E-state index in [0.717, 1.165) is 0 Å². The summed E-state index contributed by atoms with van der Waals surface area (Å²) in [6.07, 6.45) is -4.58. The van der Waals surface area contributed by atoms with Gasteiger partial charge in [-0.15, -0.1) is 0 Å². The minimum atomic E-state index is -4.58. The molecule has 0 unspecified atom stereocenters. The lowest BCUT2D eigenvalue weighted by Crippen LogP contribution is -2.22. The van der Waals surface area contributed by atoms with Crippen molar-refractivity contribution in [3.05, 3.63) is 66.2 Å². The van der Waals surface area contributed by atoms with Gasteiger partial charge in [-0.25, -0.2) is 13.6 Å². The van der Waals surface area contributed by atoms with Crippen molar-refractivity contribution in [2.24, 2.45) is 5.14 Å². The summed E-state index contributed by atoms with van der Waals surface area (Å²) < 4.78 is 66.7. The molecule has 0 aliphatic rings. The van der Waals surface area contributed by atoms with Gasteiger partial charge in [0.25, 0.3) is 0 Å². The van der Waals surface area contributed by atoms with Gasteiger partial charge in [0.2, 0.25) is 10.0 Å². The zero-order valence-corrected chi connectivity index (χ0v) is 18.9. The Morgan fingerprint density at radius 1 is 0.781 bits per heavy atom. The normalized spacial score (nSPS) is 12.0. The molecule has 0 radical (unpaired) electrons. The Balaban J connectivity index is 2.46. The Hall–Kier alpha value is -3.04. The zero-order valence-electron chi connectivity index (χ0n) is 18.1. The van der Waals surface area contributed by atoms with Gasteiger partial charge in [-0.05, 0) is 34.9 Å². The second-order valence-corrected chi connectivity index (χ2v) is 9.30. The van der Waals surface area contributed by atoms with Gasteiger partial charge in [0.1, 0.15) is 5.56 Å². The lowest BCUT2D eigenvalue weighted by atomic mass is 9.92. The van der Waals surface area contributed by atoms with Crippen LogP contribution in [0.1, 0.15) is 5.56 Å². The van der Waals surface area contributed by atoms with Crippen LogP contribution in [-0.2, 0) is 16.2 Å². The molecule has 0 saturated carbocycles. The van der Waals surface area contributed by atoms with Crippen LogP contribution in [0.25, 0.3) is 22.3 Å². The summed E-state index contributed by atoms with van der Waals surface area (Å²) in [4.78, 5) is 2.69. The van der Waals surface area contributed by atoms with E-state index in [4.69, 9.17) is 5.14 Å². The third-order valence-corrected chi connectivity index (χ3v) is 6.00. The first-order valence-corrected chi connectivity index (χ1v) is 11.2. The summed E-state index contributed by atoms with van der Waals surface area (Å²) in [5, 5.41) is 5.49. The average Bonchev–Trinajstić information content (AvgIpc) is 2.71. The highest BCUT2D eigenvalue weighted by Gasteiger charge is 2.38. The Morgan fingerprint density at radius 2 is 1.31 bits per heavy atom. The molecule has 3 aromatic rings. The molecule has 170 valence electrons. The molecule has 5 nitrogen and oxygen atoms in total. The molecular weight excluding hydrogens is 439 g/mol. The van der Waals surface area contributed by atoms with Crippen molar-refractivity contribution in [1.82, 2.24) is 0 Å². The van der Waals surface area contributed by atoms with Crippen LogP contribution >= 0.6 is 0 Å². The quantitative estimate of drug-likeness (QED) is 0.589. The number of sulfonamides is 1. The number of anilines is 2. The van der Waals surface area contributed by atoms with E-state index in [0.29, 0.717) is 22.3 Å². The van der Waals surface area contributed by atoms with Crippen LogP contribution in [-0.4, -0.2) is 36.6 Å². The molecule has 0 amide bonds. The van der Waals surface area contributed by atoms with E-state index in [1.165, 1.54) is 62.3 Å². The van der Waals surface area contributed by atoms with Crippen molar-refractivity contribution < 1.29 is 21.6 Å². The molecule has 0 saturated heterocycles. The summed E-state index contributed by atoms with van der Waals surface area (Å²) in [5.74, 6) is 0. The van der Waals surface area contributed by atoms with Crippen LogP contribution in [0, 0.1) is 0 Å². The van der Waals surface area contributed by atoms with E-state index in [2.05, 4.69) is 0 Å². The largest absolute Gasteiger partial charge is 0.420 e. The Morgan fingerprint density at radius 3 is 1.75 bits per heavy atom. The van der Waals surface area contributed by atoms with Gasteiger partial charge in [0.15, 0.2) is 0 Å². The molecule has 0 fully saturated rings. The van der Waals surface area contributed by atoms with Gasteiger partial charge in [-0.2, -0.15) is 13.2 Å². The third kappa shape index (κ3) is 4.58. The first kappa shape index (κ1) is 23.6. The predicted molar refractivity (Wildman–Crippen MR) is 122 cm³/mol. The van der Waals surface area contributed by atoms with E-state index in [1.807, 2.05) is 0 Å². The van der Waals surface area contributed by atoms with Crippen molar-refractivity contribution in [2.45, 2.75) is 11.1 Å². The van der Waals surface area contributed by atoms with Crippen molar-refractivity contribution in [1.29, 1.82) is 0 Å². The van der Waals surface area contributed by atoms with Gasteiger partial charge in [0.05, 0.1) is 16.3 Å². The number of nitrogens with zero attached hydrogens (tertiary/aromatic N) is 2. The molecule has 0 aliphatic heterocycles. The second-order valence-electron chi connectivity index (χ2n) is 7.77. The third-order valence-electron chi connectivity index (χ3n) is 5.05. The number of halogens is 3. The summed E-state index contributed by atoms with van der Waals surface area (Å²) in [7, 11) is 2.04. The zero-order chi connectivity index (χ0) is 23.8. The predicted octanol–water partition coefficient (Wildman–Crippen LogP) is 4.82. The van der Waals surface area contributed by atoms with Gasteiger partial charge in [0, 0.05) is 33.8 Å². The minimum Gasteiger partial charge on any atom is -0.377 e. The highest BCUT2D eigenvalue weighted by molar-refractivity contribution is 7.89. The molecule has 2 N–H and O–H groups in total. The molecule has 0 aliphatic carbocycles. The molecule has 0 heterocycles. The minimum absolute atomic E-state index is 0.0290. The van der Waals surface area contributed by atoms with Crippen LogP contribution in [0.4, 0.5) is 24.5 Å². The van der Waals surface area contributed by atoms with E-state index >= 15 is 0 Å². The molecular formula is C23H24F3N3O2S. The number of rotatable bonds is 5. The number of nitrogens with two attached hydrogens (primary N) is 1. The summed E-state index contributed by atoms with van der Waals surface area (Å²) >= 11 is 0. The fourth-order valence-electron chi connectivity index (χ4n) is 3.67. The van der Waals surface area contributed by atoms with Crippen LogP contribution in [0.5, 0.6) is 0 Å². The fourth-order valence-corrected chi connectivity index (χ4v) is 4.46. The van der Waals surface area contributed by atoms with Crippen molar-refractivity contribution >= 4 is 21.4 Å². The van der Waals surface area contributed by atoms with Crippen molar-refractivity contribution in [3.8, 4) is 22.3 Å². The number of benzene rings is 3. The van der Waals surface area contributed by atoms with Crippen molar-refractivity contribution in [3.63, 3.8) is 0 Å². The topological polar surface area (TPSA) is 66.6 Å². The summed E-state index contributed by atoms with van der Waals surface area (Å²) in [5.41, 5.74) is 1.00. The number of primary sulfonamides is 1. The average molecular weight is 464 g/mol. The molecule has 32 heavy (non-hydrogen) atoms. The molecule has 0 spiro atoms. The first-order chi connectivity index (χ1) is 14.8. The van der Waals surface area contributed by atoms with Crippen LogP contribution in [0.15, 0.2) is 65.6 Å². The Bertz CT molecular complexity index is 1210. The van der Waals surface area contributed by atoms with E-state index in [-0.39, 0.29) is 16.3 Å². The molecule has 0 bridgehead atoms. The number of hydrogen-bond donors (Lipinski definition) is 1. The molecule has 3 rings (SSSR count). The Kier molecular flexibility index (Phi) is 6.26. The van der Waals surface area contributed by atoms with E-state index in [9.17, 15) is 21.6 Å². The second kappa shape index (κ2) is 8.48. The number of alkyl halides is 3. The van der Waals surface area contributed by atoms with Gasteiger partial charge in [-0.1, -0.05) is 42.5 Å². The SMILES string of the molecule is CN(C)c1cc(-c2cccc(S(N)(=O)=O)c2-c2ccccc2)cc(N(C)C)c1C(F)(F)F. The van der Waals surface area contributed by atoms with Crippen LogP contribution < -0.4 is 14.9 Å². The first-order valence-electron chi connectivity index (χ1n) is 9.64. The highest BCUT2D eigenvalue weighted by Crippen LogP contribution is 2.46. The molecule has 9 heteroatoms. The maximum Gasteiger partial charge on any atom is 0.420 e. The monoisotopic (exact) mass is 463 g/mol. The van der Waals surface area contributed by atoms with Crippen molar-refractivity contribution in [2.75, 3.05) is 38.0 Å². The molecule has 0 aromatic heterocycles. The molecule has 3 aromatic carbocycles. The maximum absolute atomic E-state index is 14.0. The smallest absolute Gasteiger partial charge is 0.377 e. The fraction of sp³-hybridized carbons (Fsp3) is 0.217. The summed E-state index contributed by atoms with van der Waals surface area (Å²) in [6.45, 7) is 0. The van der Waals surface area contributed by atoms with Crippen LogP contribution in [0.2, 0.25) is 0 Å². The Labute approximate surface area is 185 Å². The van der Waals surface area contributed by atoms with E-state index < -0.39 is 21.8 Å². The lowest BCUT2D eigenvalue weighted by molar-refractivity contribution is -0.136. The van der Waals surface area contributed by atoms with Gasteiger partial charge < -0.3 is 9.80 Å². The lowest BCUT2D eigenvalue weighted by Gasteiger charge is -2.27. The van der Waals surface area contributed by atoms with Gasteiger partial charge in [-0.3, -0.25) is 0 Å². The maximum atomic E-state index is 14.0. The summed E-state index contributed by atoms with van der Waals surface area (Å²) in [6, 6.07) is 16.2. The van der Waals surface area contributed by atoms with Crippen LogP contribution in [0.3, 0.4) is 0 Å². The standard InChI is InChI=1S/C23H24F3N3O2S/c1-28(2)18-13-16(14-19(29(3)4)22(18)23(24,25)26)17-11-8-12-20(32(27,30)31)21(17)15-9-6-5-7-10-15/h5-14H,1-4H3,(H2,27,30,31). The van der Waals surface area contributed by atoms with Gasteiger partial charge >= 0.3 is 6.18 Å².